The number of carbonyl (C=O) groups is 3. The fraction of sp³-hybridized carbons (Fsp3) is 0.250. The maximum absolute atomic E-state index is 12.7. The van der Waals surface area contributed by atoms with E-state index in [-0.39, 0.29) is 44.9 Å². The van der Waals surface area contributed by atoms with Crippen molar-refractivity contribution < 1.29 is 42.9 Å². The third-order valence-corrected chi connectivity index (χ3v) is 11.3. The van der Waals surface area contributed by atoms with Gasteiger partial charge in [-0.05, 0) is 66.8 Å². The molecule has 0 fully saturated rings. The van der Waals surface area contributed by atoms with Gasteiger partial charge in [-0.1, -0.05) is 66.8 Å². The highest BCUT2D eigenvalue weighted by atomic mass is 16.6. The predicted molar refractivity (Wildman–Crippen MR) is 229 cm³/mol. The molecule has 0 aliphatic carbocycles. The van der Waals surface area contributed by atoms with Crippen molar-refractivity contribution in [2.24, 2.45) is 0 Å². The first-order valence-corrected chi connectivity index (χ1v) is 19.6. The van der Waals surface area contributed by atoms with Crippen LogP contribution in [0.5, 0.6) is 0 Å². The van der Waals surface area contributed by atoms with Gasteiger partial charge in [0.15, 0.2) is 12.3 Å². The van der Waals surface area contributed by atoms with Gasteiger partial charge in [0, 0.05) is 48.2 Å². The fourth-order valence-electron chi connectivity index (χ4n) is 8.84. The molecule has 0 radical (unpaired) electrons. The molecule has 7 rings (SSSR count). The van der Waals surface area contributed by atoms with Crippen LogP contribution in [0.1, 0.15) is 60.9 Å². The Morgan fingerprint density at radius 2 is 1.72 bits per heavy atom. The summed E-state index contributed by atoms with van der Waals surface area (Å²) in [6.07, 6.45) is 15.9. The number of anilines is 1. The number of aliphatic carboxylic acids is 1. The van der Waals surface area contributed by atoms with Gasteiger partial charge in [0.1, 0.15) is 17.3 Å². The quantitative estimate of drug-likeness (QED) is 0.0118. The molecule has 4 aromatic carbocycles. The van der Waals surface area contributed by atoms with E-state index < -0.39 is 27.7 Å². The lowest BCUT2D eigenvalue weighted by Crippen LogP contribution is -2.34. The summed E-state index contributed by atoms with van der Waals surface area (Å²) in [6.45, 7) is 7.19. The topological polar surface area (TPSA) is 152 Å². The Kier molecular flexibility index (Phi) is 11.5. The van der Waals surface area contributed by atoms with Crippen molar-refractivity contribution in [3.63, 3.8) is 0 Å². The normalized spacial score (nSPS) is 17.4. The second kappa shape index (κ2) is 16.9. The SMILES string of the molecule is C#CCC1(Cc2ccc([N+](=O)[O-])o2)C(=CC=CC=CC2=[N+](CCOC=O)c3ccc(C(=O)OCC)cc3C2(C)C)N(CCC(=O)O)c2c1c1ccccc1c1ccccc21. The lowest BCUT2D eigenvalue weighted by atomic mass is 9.71. The maximum Gasteiger partial charge on any atom is 0.433 e. The van der Waals surface area contributed by atoms with E-state index in [0.717, 1.165) is 55.5 Å². The zero-order valence-corrected chi connectivity index (χ0v) is 33.6. The molecule has 304 valence electrons. The fourth-order valence-corrected chi connectivity index (χ4v) is 8.84. The first kappa shape index (κ1) is 40.9. The van der Waals surface area contributed by atoms with Gasteiger partial charge in [0.2, 0.25) is 5.69 Å². The highest BCUT2D eigenvalue weighted by Crippen LogP contribution is 2.57. The standard InChI is InChI=1S/C48H43N3O9/c1-5-25-48(30-33-21-23-42(60-33)51(56)57)41(50(26-24-43(53)54)45-37-17-13-11-15-35(37)34-14-10-12-16-36(34)44(45)48)19-9-7-8-18-40-47(3,4)38-29-32(46(55)59-6-2)20-22-39(38)49(40)27-28-58-31-52/h1,7-23,29,31H,6,24-28,30H2,2-4H3/p+1. The molecule has 0 saturated carbocycles. The minimum absolute atomic E-state index is 0.126. The number of carbonyl (C=O) groups excluding carboxylic acids is 2. The van der Waals surface area contributed by atoms with E-state index in [9.17, 15) is 29.6 Å². The molecule has 2 aliphatic heterocycles. The van der Waals surface area contributed by atoms with E-state index in [2.05, 4.69) is 30.4 Å². The smallest absolute Gasteiger partial charge is 0.433 e. The van der Waals surface area contributed by atoms with Gasteiger partial charge in [-0.25, -0.2) is 4.79 Å². The Morgan fingerprint density at radius 3 is 2.38 bits per heavy atom. The first-order valence-electron chi connectivity index (χ1n) is 19.6. The van der Waals surface area contributed by atoms with Crippen LogP contribution < -0.4 is 4.90 Å². The van der Waals surface area contributed by atoms with E-state index >= 15 is 0 Å². The Hall–Kier alpha value is -7.26. The van der Waals surface area contributed by atoms with Gasteiger partial charge in [-0.2, -0.15) is 4.58 Å². The minimum Gasteiger partial charge on any atom is -0.481 e. The highest BCUT2D eigenvalue weighted by molar-refractivity contribution is 6.17. The number of allylic oxidation sites excluding steroid dienone is 6. The largest absolute Gasteiger partial charge is 0.481 e. The van der Waals surface area contributed by atoms with Crippen LogP contribution >= 0.6 is 0 Å². The van der Waals surface area contributed by atoms with Crippen LogP contribution in [0.15, 0.2) is 119 Å². The second-order valence-electron chi connectivity index (χ2n) is 15.1. The second-order valence-corrected chi connectivity index (χ2v) is 15.1. The number of benzene rings is 4. The Morgan fingerprint density at radius 1 is 1.00 bits per heavy atom. The van der Waals surface area contributed by atoms with Gasteiger partial charge >= 0.3 is 17.8 Å². The van der Waals surface area contributed by atoms with Crippen LogP contribution in [-0.4, -0.2) is 65.0 Å². The number of carboxylic acids is 1. The van der Waals surface area contributed by atoms with E-state index in [4.69, 9.17) is 20.3 Å². The zero-order valence-electron chi connectivity index (χ0n) is 33.6. The van der Waals surface area contributed by atoms with Crippen LogP contribution in [0, 0.1) is 22.5 Å². The average Bonchev–Trinajstić information content (AvgIpc) is 3.87. The summed E-state index contributed by atoms with van der Waals surface area (Å²) in [5.74, 6) is 1.49. The highest BCUT2D eigenvalue weighted by Gasteiger charge is 2.50. The average molecular weight is 807 g/mol. The molecule has 12 nitrogen and oxygen atoms in total. The number of rotatable bonds is 16. The van der Waals surface area contributed by atoms with Crippen LogP contribution in [0.25, 0.3) is 21.5 Å². The van der Waals surface area contributed by atoms with Gasteiger partial charge < -0.3 is 23.9 Å². The molecule has 12 heteroatoms. The Labute approximate surface area is 346 Å². The summed E-state index contributed by atoms with van der Waals surface area (Å²) in [5.41, 5.74) is 4.03. The molecule has 1 aromatic heterocycles. The minimum atomic E-state index is -0.998. The van der Waals surface area contributed by atoms with Gasteiger partial charge in [0.05, 0.1) is 41.2 Å². The summed E-state index contributed by atoms with van der Waals surface area (Å²) < 4.78 is 18.2. The van der Waals surface area contributed by atoms with Crippen molar-refractivity contribution in [1.82, 2.24) is 0 Å². The summed E-state index contributed by atoms with van der Waals surface area (Å²) in [5, 5.41) is 25.6. The zero-order chi connectivity index (χ0) is 42.6. The Bertz CT molecular complexity index is 2710. The number of terminal acetylenes is 1. The van der Waals surface area contributed by atoms with Gasteiger partial charge in [-0.3, -0.25) is 19.7 Å². The molecule has 1 N–H and O–H groups in total. The monoisotopic (exact) mass is 806 g/mol. The van der Waals surface area contributed by atoms with E-state index in [1.807, 2.05) is 89.9 Å². The van der Waals surface area contributed by atoms with Crippen molar-refractivity contribution in [3.05, 3.63) is 148 Å². The predicted octanol–water partition coefficient (Wildman–Crippen LogP) is 8.72. The van der Waals surface area contributed by atoms with Crippen LogP contribution in [-0.2, 0) is 36.3 Å². The molecule has 60 heavy (non-hydrogen) atoms. The molecular formula is C48H44N3O9+. The number of hydrogen-bond donors (Lipinski definition) is 1. The number of hydrogen-bond acceptors (Lipinski definition) is 9. The third-order valence-electron chi connectivity index (χ3n) is 11.3. The number of esters is 1. The molecule has 0 spiro atoms. The molecule has 1 unspecified atom stereocenters. The number of fused-ring (bicyclic) bond motifs is 7. The van der Waals surface area contributed by atoms with Gasteiger partial charge in [-0.15, -0.1) is 12.3 Å². The van der Waals surface area contributed by atoms with Crippen LogP contribution in [0.2, 0.25) is 0 Å². The third kappa shape index (κ3) is 7.34. The van der Waals surface area contributed by atoms with Crippen LogP contribution in [0.3, 0.4) is 0 Å². The van der Waals surface area contributed by atoms with E-state index in [1.165, 1.54) is 6.07 Å². The molecule has 0 amide bonds. The van der Waals surface area contributed by atoms with E-state index in [0.29, 0.717) is 24.3 Å². The van der Waals surface area contributed by atoms with Crippen molar-refractivity contribution in [1.29, 1.82) is 0 Å². The molecule has 2 aliphatic rings. The molecule has 0 saturated heterocycles. The Balaban J connectivity index is 1.38. The molecule has 0 bridgehead atoms. The summed E-state index contributed by atoms with van der Waals surface area (Å²) >= 11 is 0. The lowest BCUT2D eigenvalue weighted by molar-refractivity contribution is -0.440. The molecule has 3 heterocycles. The van der Waals surface area contributed by atoms with E-state index in [1.54, 1.807) is 19.1 Å². The summed E-state index contributed by atoms with van der Waals surface area (Å²) in [7, 11) is 0. The van der Waals surface area contributed by atoms with Crippen molar-refractivity contribution in [2.75, 3.05) is 31.2 Å². The van der Waals surface area contributed by atoms with Crippen molar-refractivity contribution in [2.45, 2.75) is 50.9 Å². The molecule has 1 atom stereocenters. The van der Waals surface area contributed by atoms with Crippen molar-refractivity contribution in [3.8, 4) is 12.3 Å². The van der Waals surface area contributed by atoms with Gasteiger partial charge in [0.25, 0.3) is 6.47 Å². The first-order chi connectivity index (χ1) is 29.0. The van der Waals surface area contributed by atoms with Crippen LogP contribution in [0.4, 0.5) is 17.3 Å². The number of furan rings is 1. The number of ether oxygens (including phenoxy) is 2. The molecular weight excluding hydrogens is 763 g/mol. The number of nitro groups is 1. The lowest BCUT2D eigenvalue weighted by Gasteiger charge is -2.32. The number of carboxylic acid groups (broad SMARTS) is 1. The number of nitrogens with zero attached hydrogens (tertiary/aromatic N) is 3. The maximum atomic E-state index is 12.7. The summed E-state index contributed by atoms with van der Waals surface area (Å²) in [6, 6.07) is 24.4. The summed E-state index contributed by atoms with van der Waals surface area (Å²) in [4.78, 5) is 49.2. The van der Waals surface area contributed by atoms with Crippen molar-refractivity contribution >= 4 is 62.9 Å². The molecule has 5 aromatic rings.